The normalized spacial score (nSPS) is 22.3. The Morgan fingerprint density at radius 1 is 1.26 bits per heavy atom. The molecule has 0 bridgehead atoms. The number of esters is 1. The van der Waals surface area contributed by atoms with Crippen LogP contribution < -0.4 is 5.73 Å². The molecule has 0 radical (unpaired) electrons. The first-order chi connectivity index (χ1) is 9.02. The van der Waals surface area contributed by atoms with Gasteiger partial charge in [0.05, 0.1) is 13.0 Å². The molecule has 1 aromatic carbocycles. The van der Waals surface area contributed by atoms with Crippen molar-refractivity contribution in [1.82, 2.24) is 4.90 Å². The topological polar surface area (TPSA) is 72.6 Å². The number of benzene rings is 1. The highest BCUT2D eigenvalue weighted by molar-refractivity contribution is 5.95. The fraction of sp³-hybridized carbons (Fsp3) is 0.429. The zero-order valence-electron chi connectivity index (χ0n) is 11.1. The summed E-state index contributed by atoms with van der Waals surface area (Å²) in [6.45, 7) is 2.94. The van der Waals surface area contributed by atoms with Gasteiger partial charge in [-0.25, -0.2) is 0 Å². The first-order valence-corrected chi connectivity index (χ1v) is 6.25. The first kappa shape index (κ1) is 13.4. The Morgan fingerprint density at radius 2 is 1.89 bits per heavy atom. The number of amides is 1. The molecule has 5 heteroatoms. The molecular formula is C14H18N2O3. The van der Waals surface area contributed by atoms with Crippen molar-refractivity contribution in [3.05, 3.63) is 29.8 Å². The summed E-state index contributed by atoms with van der Waals surface area (Å²) in [5.41, 5.74) is 6.81. The Bertz CT molecular complexity index is 484. The summed E-state index contributed by atoms with van der Waals surface area (Å²) >= 11 is 0. The Kier molecular flexibility index (Phi) is 3.74. The summed E-state index contributed by atoms with van der Waals surface area (Å²) in [6.07, 6.45) is 0. The van der Waals surface area contributed by atoms with Crippen LogP contribution in [0.4, 0.5) is 5.69 Å². The van der Waals surface area contributed by atoms with Crippen LogP contribution in [-0.4, -0.2) is 37.0 Å². The monoisotopic (exact) mass is 262 g/mol. The lowest BCUT2D eigenvalue weighted by molar-refractivity contribution is -0.146. The van der Waals surface area contributed by atoms with Gasteiger partial charge in [-0.1, -0.05) is 6.92 Å². The standard InChI is InChI=1S/C14H18N2O3/c1-9-7-16(8-12(9)14(18)19-2)13(17)10-3-5-11(15)6-4-10/h3-6,9,12H,7-8,15H2,1-2H3. The second kappa shape index (κ2) is 5.30. The van der Waals surface area contributed by atoms with E-state index in [4.69, 9.17) is 10.5 Å². The van der Waals surface area contributed by atoms with Crippen LogP contribution in [0.1, 0.15) is 17.3 Å². The number of anilines is 1. The zero-order valence-corrected chi connectivity index (χ0v) is 11.1. The predicted molar refractivity (Wildman–Crippen MR) is 71.4 cm³/mol. The van der Waals surface area contributed by atoms with E-state index in [1.54, 1.807) is 29.2 Å². The van der Waals surface area contributed by atoms with Gasteiger partial charge >= 0.3 is 5.97 Å². The molecule has 1 aliphatic rings. The van der Waals surface area contributed by atoms with E-state index in [1.807, 2.05) is 6.92 Å². The van der Waals surface area contributed by atoms with Crippen LogP contribution in [0.3, 0.4) is 0 Å². The van der Waals surface area contributed by atoms with E-state index in [2.05, 4.69) is 0 Å². The average Bonchev–Trinajstić information content (AvgIpc) is 2.80. The molecule has 1 heterocycles. The second-order valence-electron chi connectivity index (χ2n) is 4.94. The quantitative estimate of drug-likeness (QED) is 0.641. The van der Waals surface area contributed by atoms with Crippen molar-refractivity contribution in [2.24, 2.45) is 11.8 Å². The van der Waals surface area contributed by atoms with Gasteiger partial charge in [-0.05, 0) is 30.2 Å². The van der Waals surface area contributed by atoms with Crippen molar-refractivity contribution in [2.45, 2.75) is 6.92 Å². The highest BCUT2D eigenvalue weighted by Gasteiger charge is 2.37. The van der Waals surface area contributed by atoms with Gasteiger partial charge in [-0.3, -0.25) is 9.59 Å². The summed E-state index contributed by atoms with van der Waals surface area (Å²) in [7, 11) is 1.37. The number of nitrogen functional groups attached to an aromatic ring is 1. The molecule has 1 amide bonds. The number of rotatable bonds is 2. The number of carbonyl (C=O) groups excluding carboxylic acids is 2. The lowest BCUT2D eigenvalue weighted by Gasteiger charge is -2.16. The van der Waals surface area contributed by atoms with Gasteiger partial charge in [-0.2, -0.15) is 0 Å². The maximum atomic E-state index is 12.3. The van der Waals surface area contributed by atoms with E-state index >= 15 is 0 Å². The summed E-state index contributed by atoms with van der Waals surface area (Å²) < 4.78 is 4.76. The molecule has 1 aliphatic heterocycles. The molecule has 0 spiro atoms. The third-order valence-electron chi connectivity index (χ3n) is 3.56. The van der Waals surface area contributed by atoms with Gasteiger partial charge in [0.15, 0.2) is 0 Å². The molecule has 1 fully saturated rings. The summed E-state index contributed by atoms with van der Waals surface area (Å²) in [6, 6.07) is 6.80. The molecular weight excluding hydrogens is 244 g/mol. The molecule has 2 N–H and O–H groups in total. The zero-order chi connectivity index (χ0) is 14.0. The molecule has 2 atom stereocenters. The lowest BCUT2D eigenvalue weighted by Crippen LogP contribution is -2.30. The Balaban J connectivity index is 2.09. The van der Waals surface area contributed by atoms with Gasteiger partial charge in [0, 0.05) is 24.3 Å². The molecule has 19 heavy (non-hydrogen) atoms. The molecule has 102 valence electrons. The van der Waals surface area contributed by atoms with Crippen LogP contribution >= 0.6 is 0 Å². The third-order valence-corrected chi connectivity index (χ3v) is 3.56. The average molecular weight is 262 g/mol. The number of hydrogen-bond acceptors (Lipinski definition) is 4. The molecule has 0 saturated carbocycles. The van der Waals surface area contributed by atoms with E-state index in [1.165, 1.54) is 7.11 Å². The van der Waals surface area contributed by atoms with Crippen LogP contribution in [0.25, 0.3) is 0 Å². The SMILES string of the molecule is COC(=O)C1CN(C(=O)c2ccc(N)cc2)CC1C. The van der Waals surface area contributed by atoms with Crippen molar-refractivity contribution in [3.63, 3.8) is 0 Å². The number of methoxy groups -OCH3 is 1. The second-order valence-corrected chi connectivity index (χ2v) is 4.94. The molecule has 1 saturated heterocycles. The van der Waals surface area contributed by atoms with Crippen LogP contribution in [0, 0.1) is 11.8 Å². The number of likely N-dealkylation sites (tertiary alicyclic amines) is 1. The van der Waals surface area contributed by atoms with Crippen LogP contribution in [0.15, 0.2) is 24.3 Å². The highest BCUT2D eigenvalue weighted by Crippen LogP contribution is 2.25. The van der Waals surface area contributed by atoms with Crippen LogP contribution in [0.2, 0.25) is 0 Å². The van der Waals surface area contributed by atoms with E-state index in [-0.39, 0.29) is 23.7 Å². The molecule has 1 aromatic rings. The van der Waals surface area contributed by atoms with Crippen molar-refractivity contribution >= 4 is 17.6 Å². The van der Waals surface area contributed by atoms with Crippen molar-refractivity contribution in [3.8, 4) is 0 Å². The van der Waals surface area contributed by atoms with Crippen LogP contribution in [0.5, 0.6) is 0 Å². The minimum absolute atomic E-state index is 0.0711. The Hall–Kier alpha value is -2.04. The molecule has 0 aromatic heterocycles. The van der Waals surface area contributed by atoms with E-state index in [0.717, 1.165) is 0 Å². The molecule has 2 rings (SSSR count). The van der Waals surface area contributed by atoms with Gasteiger partial charge in [-0.15, -0.1) is 0 Å². The number of nitrogens with two attached hydrogens (primary N) is 1. The van der Waals surface area contributed by atoms with Crippen molar-refractivity contribution < 1.29 is 14.3 Å². The molecule has 0 aliphatic carbocycles. The van der Waals surface area contributed by atoms with Gasteiger partial charge in [0.1, 0.15) is 0 Å². The minimum atomic E-state index is -0.250. The summed E-state index contributed by atoms with van der Waals surface area (Å²) in [4.78, 5) is 25.6. The Labute approximate surface area is 112 Å². The smallest absolute Gasteiger partial charge is 0.310 e. The largest absolute Gasteiger partial charge is 0.469 e. The van der Waals surface area contributed by atoms with E-state index in [0.29, 0.717) is 24.3 Å². The first-order valence-electron chi connectivity index (χ1n) is 6.25. The van der Waals surface area contributed by atoms with Crippen molar-refractivity contribution in [2.75, 3.05) is 25.9 Å². The number of hydrogen-bond donors (Lipinski definition) is 1. The fourth-order valence-electron chi connectivity index (χ4n) is 2.40. The van der Waals surface area contributed by atoms with E-state index in [9.17, 15) is 9.59 Å². The third kappa shape index (κ3) is 2.70. The summed E-state index contributed by atoms with van der Waals surface area (Å²) in [5.74, 6) is -0.439. The fourth-order valence-corrected chi connectivity index (χ4v) is 2.40. The van der Waals surface area contributed by atoms with Crippen LogP contribution in [-0.2, 0) is 9.53 Å². The molecule has 5 nitrogen and oxygen atoms in total. The highest BCUT2D eigenvalue weighted by atomic mass is 16.5. The maximum absolute atomic E-state index is 12.3. The minimum Gasteiger partial charge on any atom is -0.469 e. The summed E-state index contributed by atoms with van der Waals surface area (Å²) in [5, 5.41) is 0. The van der Waals surface area contributed by atoms with Crippen molar-refractivity contribution in [1.29, 1.82) is 0 Å². The van der Waals surface area contributed by atoms with Gasteiger partial charge in [0.2, 0.25) is 0 Å². The predicted octanol–water partition coefficient (Wildman–Crippen LogP) is 1.15. The van der Waals surface area contributed by atoms with Gasteiger partial charge < -0.3 is 15.4 Å². The number of carbonyl (C=O) groups is 2. The lowest BCUT2D eigenvalue weighted by atomic mass is 9.99. The molecule has 2 unspecified atom stereocenters. The number of nitrogens with zero attached hydrogens (tertiary/aromatic N) is 1. The van der Waals surface area contributed by atoms with Gasteiger partial charge in [0.25, 0.3) is 5.91 Å². The van der Waals surface area contributed by atoms with E-state index < -0.39 is 0 Å². The Morgan fingerprint density at radius 3 is 2.47 bits per heavy atom. The maximum Gasteiger partial charge on any atom is 0.310 e. The number of ether oxygens (including phenoxy) is 1.